The van der Waals surface area contributed by atoms with Gasteiger partial charge >= 0.3 is 5.97 Å². The van der Waals surface area contributed by atoms with Crippen LogP contribution in [0.2, 0.25) is 0 Å². The molecule has 1 unspecified atom stereocenters. The van der Waals surface area contributed by atoms with E-state index in [9.17, 15) is 4.79 Å². The predicted molar refractivity (Wildman–Crippen MR) is 68.3 cm³/mol. The molecular formula is C13H22N2O3. The van der Waals surface area contributed by atoms with Crippen LogP contribution in [0.25, 0.3) is 0 Å². The minimum atomic E-state index is -0.717. The summed E-state index contributed by atoms with van der Waals surface area (Å²) in [6.45, 7) is 7.56. The molecule has 1 heterocycles. The summed E-state index contributed by atoms with van der Waals surface area (Å²) in [5.74, 6) is 0.572. The molecule has 0 aliphatic rings. The van der Waals surface area contributed by atoms with E-state index in [0.29, 0.717) is 5.92 Å². The molecule has 0 amide bonds. The van der Waals surface area contributed by atoms with Crippen LogP contribution >= 0.6 is 0 Å². The Morgan fingerprint density at radius 2 is 2.17 bits per heavy atom. The van der Waals surface area contributed by atoms with E-state index in [1.807, 2.05) is 13.8 Å². The Hall–Kier alpha value is -1.36. The van der Waals surface area contributed by atoms with E-state index in [4.69, 9.17) is 9.63 Å². The summed E-state index contributed by atoms with van der Waals surface area (Å²) in [5, 5.41) is 15.8. The first kappa shape index (κ1) is 14.7. The predicted octanol–water partition coefficient (Wildman–Crippen LogP) is 2.27. The van der Waals surface area contributed by atoms with Gasteiger partial charge in [0.1, 0.15) is 5.76 Å². The number of hydrogen-bond acceptors (Lipinski definition) is 4. The molecule has 1 aromatic heterocycles. The van der Waals surface area contributed by atoms with Crippen LogP contribution in [0.1, 0.15) is 43.2 Å². The van der Waals surface area contributed by atoms with Crippen molar-refractivity contribution in [1.29, 1.82) is 0 Å². The normalized spacial score (nSPS) is 12.6. The van der Waals surface area contributed by atoms with Crippen LogP contribution in [-0.4, -0.2) is 22.8 Å². The third-order valence-electron chi connectivity index (χ3n) is 3.15. The Morgan fingerprint density at radius 1 is 1.44 bits per heavy atom. The first-order valence-corrected chi connectivity index (χ1v) is 6.35. The molecule has 2 N–H and O–H groups in total. The Morgan fingerprint density at radius 3 is 2.72 bits per heavy atom. The molecule has 0 saturated carbocycles. The molecule has 0 spiro atoms. The van der Waals surface area contributed by atoms with Gasteiger partial charge < -0.3 is 14.9 Å². The van der Waals surface area contributed by atoms with Gasteiger partial charge in [-0.2, -0.15) is 0 Å². The minimum absolute atomic E-state index is 0.255. The summed E-state index contributed by atoms with van der Waals surface area (Å²) < 4.78 is 5.08. The fourth-order valence-corrected chi connectivity index (χ4v) is 1.83. The van der Waals surface area contributed by atoms with Crippen molar-refractivity contribution in [1.82, 2.24) is 10.5 Å². The number of aliphatic carboxylic acids is 1. The van der Waals surface area contributed by atoms with E-state index in [-0.39, 0.29) is 6.42 Å². The first-order valence-electron chi connectivity index (χ1n) is 6.35. The molecule has 102 valence electrons. The lowest BCUT2D eigenvalue weighted by Gasteiger charge is -2.10. The van der Waals surface area contributed by atoms with Crippen molar-refractivity contribution in [3.63, 3.8) is 0 Å². The smallest absolute Gasteiger partial charge is 0.303 e. The number of rotatable bonds is 8. The number of nitrogens with zero attached hydrogens (tertiary/aromatic N) is 1. The van der Waals surface area contributed by atoms with Gasteiger partial charge in [0, 0.05) is 18.5 Å². The summed E-state index contributed by atoms with van der Waals surface area (Å²) in [5.41, 5.74) is 2.05. The summed E-state index contributed by atoms with van der Waals surface area (Å²) >= 11 is 0. The van der Waals surface area contributed by atoms with Crippen molar-refractivity contribution in [2.45, 2.75) is 46.6 Å². The zero-order valence-electron chi connectivity index (χ0n) is 11.3. The van der Waals surface area contributed by atoms with Gasteiger partial charge in [-0.25, -0.2) is 0 Å². The fourth-order valence-electron chi connectivity index (χ4n) is 1.83. The van der Waals surface area contributed by atoms with E-state index in [2.05, 4.69) is 17.4 Å². The maximum absolute atomic E-state index is 10.4. The van der Waals surface area contributed by atoms with E-state index < -0.39 is 5.97 Å². The highest BCUT2D eigenvalue weighted by Crippen LogP contribution is 2.12. The Bertz CT molecular complexity index is 368. The van der Waals surface area contributed by atoms with Gasteiger partial charge in [-0.15, -0.1) is 0 Å². The topological polar surface area (TPSA) is 75.4 Å². The number of carboxylic acid groups (broad SMARTS) is 1. The average Bonchev–Trinajstić information content (AvgIpc) is 2.63. The molecule has 18 heavy (non-hydrogen) atoms. The van der Waals surface area contributed by atoms with Crippen LogP contribution < -0.4 is 5.32 Å². The molecule has 1 rings (SSSR count). The van der Waals surface area contributed by atoms with Gasteiger partial charge in [0.2, 0.25) is 0 Å². The zero-order chi connectivity index (χ0) is 13.5. The summed E-state index contributed by atoms with van der Waals surface area (Å²) in [7, 11) is 0. The van der Waals surface area contributed by atoms with E-state index >= 15 is 0 Å². The fraction of sp³-hybridized carbons (Fsp3) is 0.692. The quantitative estimate of drug-likeness (QED) is 0.696. The summed E-state index contributed by atoms with van der Waals surface area (Å²) in [4.78, 5) is 10.4. The minimum Gasteiger partial charge on any atom is -0.481 e. The molecule has 5 nitrogen and oxygen atoms in total. The van der Waals surface area contributed by atoms with Crippen LogP contribution in [0.4, 0.5) is 0 Å². The SMILES string of the molecule is Cc1noc(C)c1CNCCC(C)CCC(=O)O. The average molecular weight is 254 g/mol. The molecule has 0 fully saturated rings. The van der Waals surface area contributed by atoms with Crippen molar-refractivity contribution >= 4 is 5.97 Å². The standard InChI is InChI=1S/C13H22N2O3/c1-9(4-5-13(16)17)6-7-14-8-12-10(2)15-18-11(12)3/h9,14H,4-8H2,1-3H3,(H,16,17). The van der Waals surface area contributed by atoms with Crippen molar-refractivity contribution in [2.75, 3.05) is 6.54 Å². The zero-order valence-corrected chi connectivity index (χ0v) is 11.3. The van der Waals surface area contributed by atoms with Crippen molar-refractivity contribution in [3.8, 4) is 0 Å². The highest BCUT2D eigenvalue weighted by molar-refractivity contribution is 5.66. The molecule has 1 atom stereocenters. The van der Waals surface area contributed by atoms with Crippen molar-refractivity contribution in [2.24, 2.45) is 5.92 Å². The van der Waals surface area contributed by atoms with Crippen LogP contribution in [0.3, 0.4) is 0 Å². The number of hydrogen-bond donors (Lipinski definition) is 2. The van der Waals surface area contributed by atoms with E-state index in [1.165, 1.54) is 0 Å². The molecule has 0 aliphatic carbocycles. The summed E-state index contributed by atoms with van der Waals surface area (Å²) in [6, 6.07) is 0. The van der Waals surface area contributed by atoms with Crippen molar-refractivity contribution < 1.29 is 14.4 Å². The van der Waals surface area contributed by atoms with Gasteiger partial charge in [0.15, 0.2) is 0 Å². The number of carboxylic acids is 1. The van der Waals surface area contributed by atoms with Gasteiger partial charge in [-0.3, -0.25) is 4.79 Å². The van der Waals surface area contributed by atoms with Gasteiger partial charge in [0.05, 0.1) is 5.69 Å². The Labute approximate surface area is 108 Å². The number of nitrogens with one attached hydrogen (secondary N) is 1. The summed E-state index contributed by atoms with van der Waals surface area (Å²) in [6.07, 6.45) is 1.98. The molecule has 0 saturated heterocycles. The highest BCUT2D eigenvalue weighted by Gasteiger charge is 2.09. The Balaban J connectivity index is 2.17. The Kier molecular flexibility index (Phi) is 5.85. The van der Waals surface area contributed by atoms with Crippen LogP contribution in [0.5, 0.6) is 0 Å². The third-order valence-corrected chi connectivity index (χ3v) is 3.15. The monoisotopic (exact) mass is 254 g/mol. The largest absolute Gasteiger partial charge is 0.481 e. The van der Waals surface area contributed by atoms with Crippen LogP contribution in [0.15, 0.2) is 4.52 Å². The lowest BCUT2D eigenvalue weighted by atomic mass is 10.0. The van der Waals surface area contributed by atoms with Crippen LogP contribution in [0, 0.1) is 19.8 Å². The van der Waals surface area contributed by atoms with Gasteiger partial charge in [-0.05, 0) is 39.2 Å². The molecule has 0 bridgehead atoms. The third kappa shape index (κ3) is 4.87. The lowest BCUT2D eigenvalue weighted by Crippen LogP contribution is -2.18. The van der Waals surface area contributed by atoms with Gasteiger partial charge in [0.25, 0.3) is 0 Å². The van der Waals surface area contributed by atoms with Crippen LogP contribution in [-0.2, 0) is 11.3 Å². The molecule has 0 aliphatic heterocycles. The second-order valence-electron chi connectivity index (χ2n) is 4.81. The van der Waals surface area contributed by atoms with Gasteiger partial charge in [-0.1, -0.05) is 12.1 Å². The highest BCUT2D eigenvalue weighted by atomic mass is 16.5. The maximum Gasteiger partial charge on any atom is 0.303 e. The second-order valence-corrected chi connectivity index (χ2v) is 4.81. The molecule has 0 aromatic carbocycles. The number of carbonyl (C=O) groups is 1. The maximum atomic E-state index is 10.4. The first-order chi connectivity index (χ1) is 8.50. The van der Waals surface area contributed by atoms with E-state index in [1.54, 1.807) is 0 Å². The molecule has 1 aromatic rings. The molecule has 5 heteroatoms. The molecule has 0 radical (unpaired) electrons. The lowest BCUT2D eigenvalue weighted by molar-refractivity contribution is -0.137. The second kappa shape index (κ2) is 7.16. The number of aromatic nitrogens is 1. The van der Waals surface area contributed by atoms with Crippen molar-refractivity contribution in [3.05, 3.63) is 17.0 Å². The molecular weight excluding hydrogens is 232 g/mol. The number of aryl methyl sites for hydroxylation is 2. The van der Waals surface area contributed by atoms with E-state index in [0.717, 1.165) is 42.9 Å².